The molecule has 7 heteroatoms. The van der Waals surface area contributed by atoms with Gasteiger partial charge in [-0.25, -0.2) is 4.98 Å². The van der Waals surface area contributed by atoms with Crippen molar-refractivity contribution in [2.75, 3.05) is 13.1 Å². The van der Waals surface area contributed by atoms with E-state index in [-0.39, 0.29) is 17.7 Å². The number of rotatable bonds is 7. The van der Waals surface area contributed by atoms with Gasteiger partial charge < -0.3 is 15.2 Å². The van der Waals surface area contributed by atoms with Gasteiger partial charge in [-0.1, -0.05) is 19.0 Å². The first-order valence-electron chi connectivity index (χ1n) is 8.80. The van der Waals surface area contributed by atoms with Crippen LogP contribution >= 0.6 is 0 Å². The molecule has 0 radical (unpaired) electrons. The summed E-state index contributed by atoms with van der Waals surface area (Å²) in [6.45, 7) is 6.54. The fourth-order valence-electron chi connectivity index (χ4n) is 2.80. The van der Waals surface area contributed by atoms with E-state index in [1.807, 2.05) is 19.9 Å². The highest BCUT2D eigenvalue weighted by molar-refractivity contribution is 6.06. The van der Waals surface area contributed by atoms with Crippen LogP contribution in [0.2, 0.25) is 0 Å². The second-order valence-electron chi connectivity index (χ2n) is 6.86. The highest BCUT2D eigenvalue weighted by Crippen LogP contribution is 2.41. The van der Waals surface area contributed by atoms with E-state index in [1.165, 1.54) is 6.92 Å². The fraction of sp³-hybridized carbons (Fsp3) is 0.556. The molecular weight excluding hydrogens is 320 g/mol. The number of amides is 2. The third-order valence-electron chi connectivity index (χ3n) is 4.29. The van der Waals surface area contributed by atoms with Crippen LogP contribution in [0.5, 0.6) is 0 Å². The number of fused-ring (bicyclic) bond motifs is 1. The van der Waals surface area contributed by atoms with E-state index in [0.717, 1.165) is 24.2 Å². The van der Waals surface area contributed by atoms with Gasteiger partial charge in [-0.3, -0.25) is 9.59 Å². The molecule has 25 heavy (non-hydrogen) atoms. The van der Waals surface area contributed by atoms with E-state index in [2.05, 4.69) is 20.8 Å². The largest absolute Gasteiger partial charge is 0.356 e. The molecule has 7 nitrogen and oxygen atoms in total. The first-order valence-corrected chi connectivity index (χ1v) is 8.80. The van der Waals surface area contributed by atoms with Gasteiger partial charge in [0.25, 0.3) is 11.6 Å². The van der Waals surface area contributed by atoms with Crippen molar-refractivity contribution >= 4 is 22.9 Å². The normalized spacial score (nSPS) is 14.1. The van der Waals surface area contributed by atoms with E-state index in [0.29, 0.717) is 42.1 Å². The Labute approximate surface area is 146 Å². The SMILES string of the molecule is CC(=O)NCCCNC(=O)c1cc(C2CC2)nc2onc(C(C)C)c12. The number of hydrogen-bond acceptors (Lipinski definition) is 5. The molecule has 0 aliphatic heterocycles. The van der Waals surface area contributed by atoms with Gasteiger partial charge in [0.2, 0.25) is 5.91 Å². The van der Waals surface area contributed by atoms with Gasteiger partial charge in [0.1, 0.15) is 0 Å². The molecule has 2 heterocycles. The molecule has 0 atom stereocenters. The van der Waals surface area contributed by atoms with E-state index in [4.69, 9.17) is 4.52 Å². The smallest absolute Gasteiger partial charge is 0.259 e. The van der Waals surface area contributed by atoms with Crippen LogP contribution in [0.4, 0.5) is 0 Å². The zero-order valence-corrected chi connectivity index (χ0v) is 14.9. The summed E-state index contributed by atoms with van der Waals surface area (Å²) < 4.78 is 5.40. The first kappa shape index (κ1) is 17.4. The lowest BCUT2D eigenvalue weighted by Gasteiger charge is -2.09. The van der Waals surface area contributed by atoms with E-state index >= 15 is 0 Å². The molecule has 2 amide bonds. The zero-order valence-electron chi connectivity index (χ0n) is 14.9. The van der Waals surface area contributed by atoms with Gasteiger partial charge in [-0.2, -0.15) is 0 Å². The van der Waals surface area contributed by atoms with Gasteiger partial charge in [-0.05, 0) is 31.2 Å². The summed E-state index contributed by atoms with van der Waals surface area (Å²) >= 11 is 0. The molecular formula is C18H24N4O3. The molecule has 1 aliphatic rings. The Bertz CT molecular complexity index is 793. The third-order valence-corrected chi connectivity index (χ3v) is 4.29. The van der Waals surface area contributed by atoms with Crippen LogP contribution in [0, 0.1) is 0 Å². The Balaban J connectivity index is 1.81. The molecule has 0 bridgehead atoms. The molecule has 0 aromatic carbocycles. The predicted molar refractivity (Wildman–Crippen MR) is 93.5 cm³/mol. The van der Waals surface area contributed by atoms with Crippen molar-refractivity contribution in [3.05, 3.63) is 23.0 Å². The quantitative estimate of drug-likeness (QED) is 0.752. The number of aromatic nitrogens is 2. The minimum absolute atomic E-state index is 0.0673. The van der Waals surface area contributed by atoms with Crippen molar-refractivity contribution in [3.8, 4) is 0 Å². The summed E-state index contributed by atoms with van der Waals surface area (Å²) in [5, 5.41) is 10.5. The van der Waals surface area contributed by atoms with E-state index in [9.17, 15) is 9.59 Å². The minimum Gasteiger partial charge on any atom is -0.356 e. The lowest BCUT2D eigenvalue weighted by molar-refractivity contribution is -0.118. The van der Waals surface area contributed by atoms with Gasteiger partial charge in [0, 0.05) is 31.6 Å². The maximum atomic E-state index is 12.7. The van der Waals surface area contributed by atoms with E-state index in [1.54, 1.807) is 0 Å². The van der Waals surface area contributed by atoms with Crippen LogP contribution in [0.15, 0.2) is 10.6 Å². The maximum Gasteiger partial charge on any atom is 0.259 e. The van der Waals surface area contributed by atoms with Crippen molar-refractivity contribution in [2.24, 2.45) is 0 Å². The Morgan fingerprint density at radius 1 is 1.28 bits per heavy atom. The number of nitrogens with one attached hydrogen (secondary N) is 2. The summed E-state index contributed by atoms with van der Waals surface area (Å²) in [6.07, 6.45) is 2.87. The van der Waals surface area contributed by atoms with Crippen molar-refractivity contribution < 1.29 is 14.1 Å². The number of carbonyl (C=O) groups is 2. The standard InChI is InChI=1S/C18H24N4O3/c1-10(2)16-15-13(17(24)20-8-4-7-19-11(3)23)9-14(12-5-6-12)21-18(15)25-22-16/h9-10,12H,4-8H2,1-3H3,(H,19,23)(H,20,24). The van der Waals surface area contributed by atoms with Crippen molar-refractivity contribution in [1.29, 1.82) is 0 Å². The highest BCUT2D eigenvalue weighted by Gasteiger charge is 2.29. The average molecular weight is 344 g/mol. The molecule has 0 spiro atoms. The summed E-state index contributed by atoms with van der Waals surface area (Å²) in [4.78, 5) is 28.1. The van der Waals surface area contributed by atoms with Crippen molar-refractivity contribution in [2.45, 2.75) is 51.9 Å². The lowest BCUT2D eigenvalue weighted by atomic mass is 10.0. The summed E-state index contributed by atoms with van der Waals surface area (Å²) in [5.74, 6) is 0.342. The summed E-state index contributed by atoms with van der Waals surface area (Å²) in [6, 6.07) is 1.88. The number of nitrogens with zero attached hydrogens (tertiary/aromatic N) is 2. The predicted octanol–water partition coefficient (Wildman–Crippen LogP) is 2.48. The molecule has 2 N–H and O–H groups in total. The molecule has 134 valence electrons. The van der Waals surface area contributed by atoms with Gasteiger partial charge in [0.15, 0.2) is 0 Å². The van der Waals surface area contributed by atoms with Crippen molar-refractivity contribution in [1.82, 2.24) is 20.8 Å². The monoisotopic (exact) mass is 344 g/mol. The number of carbonyl (C=O) groups excluding carboxylic acids is 2. The molecule has 1 aliphatic carbocycles. The third kappa shape index (κ3) is 3.97. The molecule has 3 rings (SSSR count). The summed E-state index contributed by atoms with van der Waals surface area (Å²) in [5.41, 5.74) is 2.68. The summed E-state index contributed by atoms with van der Waals surface area (Å²) in [7, 11) is 0. The average Bonchev–Trinajstić information content (AvgIpc) is 3.32. The molecule has 0 saturated heterocycles. The maximum absolute atomic E-state index is 12.7. The minimum atomic E-state index is -0.151. The van der Waals surface area contributed by atoms with Gasteiger partial charge >= 0.3 is 0 Å². The Kier molecular flexibility index (Phi) is 5.01. The van der Waals surface area contributed by atoms with Crippen LogP contribution in [0.3, 0.4) is 0 Å². The van der Waals surface area contributed by atoms with Crippen LogP contribution in [-0.2, 0) is 4.79 Å². The van der Waals surface area contributed by atoms with Crippen LogP contribution in [0.1, 0.15) is 73.6 Å². The first-order chi connectivity index (χ1) is 12.0. The van der Waals surface area contributed by atoms with E-state index < -0.39 is 0 Å². The molecule has 2 aromatic heterocycles. The second-order valence-corrected chi connectivity index (χ2v) is 6.86. The molecule has 0 unspecified atom stereocenters. The molecule has 1 saturated carbocycles. The second kappa shape index (κ2) is 7.21. The van der Waals surface area contributed by atoms with Gasteiger partial charge in [-0.15, -0.1) is 0 Å². The zero-order chi connectivity index (χ0) is 18.0. The van der Waals surface area contributed by atoms with Crippen LogP contribution < -0.4 is 10.6 Å². The topological polar surface area (TPSA) is 97.1 Å². The Morgan fingerprint density at radius 2 is 2.00 bits per heavy atom. The van der Waals surface area contributed by atoms with Crippen LogP contribution in [-0.4, -0.2) is 35.0 Å². The Hall–Kier alpha value is -2.44. The number of hydrogen-bond donors (Lipinski definition) is 2. The number of pyridine rings is 1. The van der Waals surface area contributed by atoms with Gasteiger partial charge in [0.05, 0.1) is 16.6 Å². The molecule has 2 aromatic rings. The fourth-order valence-corrected chi connectivity index (χ4v) is 2.80. The lowest BCUT2D eigenvalue weighted by Crippen LogP contribution is -2.29. The molecule has 1 fully saturated rings. The van der Waals surface area contributed by atoms with Crippen LogP contribution in [0.25, 0.3) is 11.1 Å². The Morgan fingerprint density at radius 3 is 2.64 bits per heavy atom. The van der Waals surface area contributed by atoms with Crippen molar-refractivity contribution in [3.63, 3.8) is 0 Å². The highest BCUT2D eigenvalue weighted by atomic mass is 16.5.